The van der Waals surface area contributed by atoms with Gasteiger partial charge in [0.2, 0.25) is 5.91 Å². The van der Waals surface area contributed by atoms with Crippen LogP contribution in [-0.2, 0) is 27.8 Å². The average molecular weight is 444 g/mol. The van der Waals surface area contributed by atoms with E-state index in [2.05, 4.69) is 10.0 Å². The zero-order valence-electron chi connectivity index (χ0n) is 16.8. The van der Waals surface area contributed by atoms with Crippen LogP contribution in [0, 0.1) is 5.82 Å². The maximum absolute atomic E-state index is 13.0. The van der Waals surface area contributed by atoms with Crippen molar-refractivity contribution in [3.8, 4) is 5.75 Å². The number of halogens is 1. The standard InChI is InChI=1S/C22H22FN3O4S/c1-30-19-3-2-4-20(13-19)31(28,29)26-21-12-18(10-7-16(21)14-24)25-22(27)11-15-5-8-17(23)9-6-15/h2-10,12-13,26H,11,14,24H2,1H3,(H,25,27). The fourth-order valence-corrected chi connectivity index (χ4v) is 4.02. The molecule has 3 aromatic carbocycles. The van der Waals surface area contributed by atoms with Crippen molar-refractivity contribution in [2.24, 2.45) is 5.73 Å². The zero-order valence-corrected chi connectivity index (χ0v) is 17.6. The van der Waals surface area contributed by atoms with Crippen molar-refractivity contribution >= 4 is 27.3 Å². The first-order chi connectivity index (χ1) is 14.8. The molecule has 0 aliphatic heterocycles. The van der Waals surface area contributed by atoms with Crippen molar-refractivity contribution in [1.82, 2.24) is 0 Å². The third-order valence-electron chi connectivity index (χ3n) is 4.49. The highest BCUT2D eigenvalue weighted by atomic mass is 32.2. The number of amides is 1. The second-order valence-corrected chi connectivity index (χ2v) is 8.39. The van der Waals surface area contributed by atoms with Gasteiger partial charge in [-0.2, -0.15) is 0 Å². The second kappa shape index (κ2) is 9.59. The number of sulfonamides is 1. The summed E-state index contributed by atoms with van der Waals surface area (Å²) >= 11 is 0. The number of methoxy groups -OCH3 is 1. The number of nitrogens with one attached hydrogen (secondary N) is 2. The number of nitrogens with two attached hydrogens (primary N) is 1. The molecule has 31 heavy (non-hydrogen) atoms. The zero-order chi connectivity index (χ0) is 22.4. The first kappa shape index (κ1) is 22.3. The highest BCUT2D eigenvalue weighted by Crippen LogP contribution is 2.25. The molecule has 1 amide bonds. The summed E-state index contributed by atoms with van der Waals surface area (Å²) in [6.07, 6.45) is 0.0454. The molecule has 3 rings (SSSR count). The Hall–Kier alpha value is -3.43. The first-order valence-corrected chi connectivity index (χ1v) is 10.8. The second-order valence-electron chi connectivity index (χ2n) is 6.71. The molecule has 0 saturated carbocycles. The SMILES string of the molecule is COc1cccc(S(=O)(=O)Nc2cc(NC(=O)Cc3ccc(F)cc3)ccc2CN)c1. The highest BCUT2D eigenvalue weighted by Gasteiger charge is 2.17. The highest BCUT2D eigenvalue weighted by molar-refractivity contribution is 7.92. The first-order valence-electron chi connectivity index (χ1n) is 9.35. The van der Waals surface area contributed by atoms with Crippen molar-refractivity contribution in [2.45, 2.75) is 17.9 Å². The predicted octanol–water partition coefficient (Wildman–Crippen LogP) is 3.28. The lowest BCUT2D eigenvalue weighted by atomic mass is 10.1. The van der Waals surface area contributed by atoms with Crippen LogP contribution in [-0.4, -0.2) is 21.4 Å². The van der Waals surface area contributed by atoms with E-state index in [0.717, 1.165) is 0 Å². The molecule has 0 aliphatic carbocycles. The molecule has 0 fully saturated rings. The molecule has 0 aliphatic rings. The van der Waals surface area contributed by atoms with Gasteiger partial charge in [0.05, 0.1) is 24.1 Å². The topological polar surface area (TPSA) is 111 Å². The van der Waals surface area contributed by atoms with Gasteiger partial charge in [0.15, 0.2) is 0 Å². The van der Waals surface area contributed by atoms with E-state index in [4.69, 9.17) is 10.5 Å². The van der Waals surface area contributed by atoms with E-state index in [-0.39, 0.29) is 35.3 Å². The van der Waals surface area contributed by atoms with Gasteiger partial charge < -0.3 is 15.8 Å². The van der Waals surface area contributed by atoms with Gasteiger partial charge >= 0.3 is 0 Å². The van der Waals surface area contributed by atoms with E-state index in [0.29, 0.717) is 22.6 Å². The smallest absolute Gasteiger partial charge is 0.262 e. The third-order valence-corrected chi connectivity index (χ3v) is 5.85. The summed E-state index contributed by atoms with van der Waals surface area (Å²) in [5, 5.41) is 2.71. The van der Waals surface area contributed by atoms with Gasteiger partial charge in [-0.25, -0.2) is 12.8 Å². The lowest BCUT2D eigenvalue weighted by Gasteiger charge is -2.14. The quantitative estimate of drug-likeness (QED) is 0.495. The van der Waals surface area contributed by atoms with E-state index < -0.39 is 10.0 Å². The molecule has 0 radical (unpaired) electrons. The van der Waals surface area contributed by atoms with E-state index in [1.807, 2.05) is 0 Å². The van der Waals surface area contributed by atoms with Crippen LogP contribution in [0.4, 0.5) is 15.8 Å². The normalized spacial score (nSPS) is 11.1. The minimum absolute atomic E-state index is 0.0283. The number of hydrogen-bond donors (Lipinski definition) is 3. The number of ether oxygens (including phenoxy) is 1. The molecule has 7 nitrogen and oxygen atoms in total. The van der Waals surface area contributed by atoms with Crippen LogP contribution in [0.25, 0.3) is 0 Å². The maximum atomic E-state index is 13.0. The van der Waals surface area contributed by atoms with Crippen molar-refractivity contribution in [3.63, 3.8) is 0 Å². The van der Waals surface area contributed by atoms with Crippen LogP contribution >= 0.6 is 0 Å². The molecule has 0 unspecified atom stereocenters. The Morgan fingerprint density at radius 1 is 1.06 bits per heavy atom. The molecule has 4 N–H and O–H groups in total. The Bertz CT molecular complexity index is 1180. The monoisotopic (exact) mass is 443 g/mol. The summed E-state index contributed by atoms with van der Waals surface area (Å²) in [6.45, 7) is 0.0970. The minimum atomic E-state index is -3.91. The lowest BCUT2D eigenvalue weighted by Crippen LogP contribution is -2.17. The van der Waals surface area contributed by atoms with E-state index >= 15 is 0 Å². The van der Waals surface area contributed by atoms with Crippen LogP contribution in [0.3, 0.4) is 0 Å². The molecule has 9 heteroatoms. The van der Waals surface area contributed by atoms with Gasteiger partial charge in [-0.15, -0.1) is 0 Å². The number of hydrogen-bond acceptors (Lipinski definition) is 5. The fraction of sp³-hybridized carbons (Fsp3) is 0.136. The number of carbonyl (C=O) groups excluding carboxylic acids is 1. The van der Waals surface area contributed by atoms with E-state index in [1.54, 1.807) is 24.3 Å². The van der Waals surface area contributed by atoms with E-state index in [1.165, 1.54) is 49.6 Å². The number of benzene rings is 3. The Balaban J connectivity index is 1.79. The van der Waals surface area contributed by atoms with Gasteiger partial charge in [0.1, 0.15) is 11.6 Å². The Morgan fingerprint density at radius 3 is 2.48 bits per heavy atom. The molecule has 3 aromatic rings. The van der Waals surface area contributed by atoms with Crippen LogP contribution in [0.5, 0.6) is 5.75 Å². The Morgan fingerprint density at radius 2 is 1.81 bits per heavy atom. The van der Waals surface area contributed by atoms with Crippen molar-refractivity contribution in [1.29, 1.82) is 0 Å². The Kier molecular flexibility index (Phi) is 6.88. The molecular formula is C22H22FN3O4S. The molecule has 0 heterocycles. The van der Waals surface area contributed by atoms with Gasteiger partial charge in [0.25, 0.3) is 10.0 Å². The van der Waals surface area contributed by atoms with Crippen LogP contribution in [0.1, 0.15) is 11.1 Å². The van der Waals surface area contributed by atoms with E-state index in [9.17, 15) is 17.6 Å². The van der Waals surface area contributed by atoms with Gasteiger partial charge in [-0.3, -0.25) is 9.52 Å². The summed E-state index contributed by atoms with van der Waals surface area (Å²) in [7, 11) is -2.46. The van der Waals surface area contributed by atoms with Gasteiger partial charge in [-0.1, -0.05) is 24.3 Å². The molecule has 162 valence electrons. The van der Waals surface area contributed by atoms with Crippen molar-refractivity contribution in [2.75, 3.05) is 17.1 Å². The lowest BCUT2D eigenvalue weighted by molar-refractivity contribution is -0.115. The maximum Gasteiger partial charge on any atom is 0.262 e. The molecular weight excluding hydrogens is 421 g/mol. The summed E-state index contributed by atoms with van der Waals surface area (Å²) in [5.74, 6) is -0.299. The van der Waals surface area contributed by atoms with Crippen LogP contribution < -0.4 is 20.5 Å². The number of anilines is 2. The molecule has 0 spiro atoms. The molecule has 0 aromatic heterocycles. The summed E-state index contributed by atoms with van der Waals surface area (Å²) in [6, 6.07) is 16.5. The van der Waals surface area contributed by atoms with Crippen molar-refractivity contribution < 1.29 is 22.3 Å². The largest absolute Gasteiger partial charge is 0.497 e. The van der Waals surface area contributed by atoms with Gasteiger partial charge in [-0.05, 0) is 47.5 Å². The van der Waals surface area contributed by atoms with Gasteiger partial charge in [0, 0.05) is 18.3 Å². The molecule has 0 bridgehead atoms. The summed E-state index contributed by atoms with van der Waals surface area (Å²) in [5.41, 5.74) is 7.61. The predicted molar refractivity (Wildman–Crippen MR) is 117 cm³/mol. The number of rotatable bonds is 8. The third kappa shape index (κ3) is 5.80. The summed E-state index contributed by atoms with van der Waals surface area (Å²) < 4.78 is 46.2. The fourth-order valence-electron chi connectivity index (χ4n) is 2.89. The molecule has 0 saturated heterocycles. The molecule has 0 atom stereocenters. The van der Waals surface area contributed by atoms with Crippen LogP contribution in [0.15, 0.2) is 71.6 Å². The van der Waals surface area contributed by atoms with Crippen molar-refractivity contribution in [3.05, 3.63) is 83.7 Å². The van der Waals surface area contributed by atoms with Crippen LogP contribution in [0.2, 0.25) is 0 Å². The Labute approximate surface area is 180 Å². The average Bonchev–Trinajstić information content (AvgIpc) is 2.75. The number of carbonyl (C=O) groups is 1. The minimum Gasteiger partial charge on any atom is -0.497 e. The summed E-state index contributed by atoms with van der Waals surface area (Å²) in [4.78, 5) is 12.4.